The van der Waals surface area contributed by atoms with Crippen molar-refractivity contribution in [2.45, 2.75) is 34.1 Å². The van der Waals surface area contributed by atoms with Gasteiger partial charge in [0.2, 0.25) is 11.8 Å². The summed E-state index contributed by atoms with van der Waals surface area (Å²) in [6, 6.07) is 13.6. The lowest BCUT2D eigenvalue weighted by molar-refractivity contribution is -0.120. The van der Waals surface area contributed by atoms with Crippen molar-refractivity contribution >= 4 is 23.2 Å². The molecule has 2 amide bonds. The molecule has 0 bridgehead atoms. The van der Waals surface area contributed by atoms with Crippen LogP contribution in [0.1, 0.15) is 30.0 Å². The first kappa shape index (κ1) is 20.6. The van der Waals surface area contributed by atoms with Gasteiger partial charge in [0.05, 0.1) is 13.1 Å². The monoisotopic (exact) mass is 367 g/mol. The van der Waals surface area contributed by atoms with Crippen molar-refractivity contribution in [3.63, 3.8) is 0 Å². The van der Waals surface area contributed by atoms with E-state index in [0.29, 0.717) is 6.54 Å². The molecule has 0 radical (unpaired) electrons. The lowest BCUT2D eigenvalue weighted by atomic mass is 10.1. The number of benzene rings is 2. The summed E-state index contributed by atoms with van der Waals surface area (Å²) >= 11 is 0. The molecule has 0 aromatic heterocycles. The minimum atomic E-state index is -0.113. The second-order valence-corrected chi connectivity index (χ2v) is 6.89. The average molecular weight is 367 g/mol. The number of nitrogens with zero attached hydrogens (tertiary/aromatic N) is 1. The first-order valence-corrected chi connectivity index (χ1v) is 9.34. The third-order valence-electron chi connectivity index (χ3n) is 4.44. The van der Waals surface area contributed by atoms with Crippen LogP contribution in [0.4, 0.5) is 11.4 Å². The summed E-state index contributed by atoms with van der Waals surface area (Å²) in [6.07, 6.45) is 0.869. The zero-order valence-corrected chi connectivity index (χ0v) is 16.6. The zero-order chi connectivity index (χ0) is 19.8. The SMILES string of the molecule is CCCN(CC(=O)Nc1ccccc1C)CC(=O)Nc1c(C)cccc1C. The molecule has 2 aromatic carbocycles. The van der Waals surface area contributed by atoms with Crippen molar-refractivity contribution in [2.24, 2.45) is 0 Å². The van der Waals surface area contributed by atoms with Crippen LogP contribution in [-0.2, 0) is 9.59 Å². The quantitative estimate of drug-likeness (QED) is 0.744. The smallest absolute Gasteiger partial charge is 0.238 e. The fraction of sp³-hybridized carbons (Fsp3) is 0.364. The molecule has 0 unspecified atom stereocenters. The van der Waals surface area contributed by atoms with Gasteiger partial charge >= 0.3 is 0 Å². The number of aryl methyl sites for hydroxylation is 3. The first-order chi connectivity index (χ1) is 12.9. The van der Waals surface area contributed by atoms with Crippen LogP contribution < -0.4 is 10.6 Å². The van der Waals surface area contributed by atoms with Gasteiger partial charge in [-0.3, -0.25) is 14.5 Å². The van der Waals surface area contributed by atoms with Crippen molar-refractivity contribution in [1.29, 1.82) is 0 Å². The van der Waals surface area contributed by atoms with E-state index in [4.69, 9.17) is 0 Å². The molecule has 5 nitrogen and oxygen atoms in total. The van der Waals surface area contributed by atoms with E-state index in [9.17, 15) is 9.59 Å². The van der Waals surface area contributed by atoms with Gasteiger partial charge in [0.1, 0.15) is 0 Å². The molecular weight excluding hydrogens is 338 g/mol. The molecule has 5 heteroatoms. The third-order valence-corrected chi connectivity index (χ3v) is 4.44. The summed E-state index contributed by atoms with van der Waals surface area (Å²) in [5, 5.41) is 5.92. The van der Waals surface area contributed by atoms with E-state index in [1.165, 1.54) is 0 Å². The molecule has 2 aromatic rings. The van der Waals surface area contributed by atoms with E-state index in [1.54, 1.807) is 0 Å². The van der Waals surface area contributed by atoms with Crippen LogP contribution in [0.5, 0.6) is 0 Å². The van der Waals surface area contributed by atoms with E-state index >= 15 is 0 Å². The largest absolute Gasteiger partial charge is 0.325 e. The number of carbonyl (C=O) groups is 2. The highest BCUT2D eigenvalue weighted by atomic mass is 16.2. The molecule has 0 spiro atoms. The lowest BCUT2D eigenvalue weighted by Gasteiger charge is -2.21. The van der Waals surface area contributed by atoms with Crippen molar-refractivity contribution < 1.29 is 9.59 Å². The average Bonchev–Trinajstić information content (AvgIpc) is 2.60. The Kier molecular flexibility index (Phi) is 7.55. The second-order valence-electron chi connectivity index (χ2n) is 6.89. The molecule has 144 valence electrons. The highest BCUT2D eigenvalue weighted by Gasteiger charge is 2.16. The number of hydrogen-bond donors (Lipinski definition) is 2. The van der Waals surface area contributed by atoms with Gasteiger partial charge in [0.25, 0.3) is 0 Å². The van der Waals surface area contributed by atoms with Crippen molar-refractivity contribution in [1.82, 2.24) is 4.90 Å². The summed E-state index contributed by atoms with van der Waals surface area (Å²) < 4.78 is 0. The van der Waals surface area contributed by atoms with Gasteiger partial charge in [-0.1, -0.05) is 43.3 Å². The molecule has 2 rings (SSSR count). The van der Waals surface area contributed by atoms with Crippen LogP contribution in [0.15, 0.2) is 42.5 Å². The molecule has 0 aliphatic rings. The molecular formula is C22H29N3O2. The van der Waals surface area contributed by atoms with Crippen LogP contribution in [0, 0.1) is 20.8 Å². The Morgan fingerprint density at radius 1 is 0.815 bits per heavy atom. The number of anilines is 2. The van der Waals surface area contributed by atoms with Crippen LogP contribution in [0.3, 0.4) is 0 Å². The molecule has 0 saturated heterocycles. The first-order valence-electron chi connectivity index (χ1n) is 9.34. The molecule has 2 N–H and O–H groups in total. The highest BCUT2D eigenvalue weighted by Crippen LogP contribution is 2.19. The Labute approximate surface area is 161 Å². The predicted molar refractivity (Wildman–Crippen MR) is 111 cm³/mol. The van der Waals surface area contributed by atoms with Gasteiger partial charge in [-0.2, -0.15) is 0 Å². The van der Waals surface area contributed by atoms with Crippen LogP contribution in [0.2, 0.25) is 0 Å². The number of rotatable bonds is 8. The Morgan fingerprint density at radius 3 is 1.96 bits per heavy atom. The van der Waals surface area contributed by atoms with E-state index in [0.717, 1.165) is 34.5 Å². The van der Waals surface area contributed by atoms with Crippen LogP contribution in [-0.4, -0.2) is 36.3 Å². The molecule has 0 aliphatic heterocycles. The molecule has 0 atom stereocenters. The van der Waals surface area contributed by atoms with E-state index in [2.05, 4.69) is 10.6 Å². The van der Waals surface area contributed by atoms with Crippen molar-refractivity contribution in [3.05, 3.63) is 59.2 Å². The number of hydrogen-bond acceptors (Lipinski definition) is 3. The summed E-state index contributed by atoms with van der Waals surface area (Å²) in [4.78, 5) is 26.8. The van der Waals surface area contributed by atoms with Gasteiger partial charge in [-0.05, 0) is 56.5 Å². The molecule has 0 saturated carbocycles. The Bertz CT molecular complexity index is 782. The molecule has 27 heavy (non-hydrogen) atoms. The minimum Gasteiger partial charge on any atom is -0.325 e. The van der Waals surface area contributed by atoms with Gasteiger partial charge in [-0.25, -0.2) is 0 Å². The number of nitrogens with one attached hydrogen (secondary N) is 2. The maximum absolute atomic E-state index is 12.5. The Balaban J connectivity index is 1.97. The van der Waals surface area contributed by atoms with Crippen molar-refractivity contribution in [2.75, 3.05) is 30.3 Å². The molecule has 0 fully saturated rings. The molecule has 0 aliphatic carbocycles. The van der Waals surface area contributed by atoms with Crippen LogP contribution in [0.25, 0.3) is 0 Å². The summed E-state index contributed by atoms with van der Waals surface area (Å²) in [5.41, 5.74) is 4.73. The van der Waals surface area contributed by atoms with Gasteiger partial charge in [0, 0.05) is 11.4 Å². The second kappa shape index (κ2) is 9.88. The summed E-state index contributed by atoms with van der Waals surface area (Å²) in [6.45, 7) is 8.99. The Hall–Kier alpha value is -2.66. The minimum absolute atomic E-state index is 0.107. The summed E-state index contributed by atoms with van der Waals surface area (Å²) in [5.74, 6) is -0.220. The van der Waals surface area contributed by atoms with E-state index < -0.39 is 0 Å². The summed E-state index contributed by atoms with van der Waals surface area (Å²) in [7, 11) is 0. The molecule has 0 heterocycles. The maximum atomic E-state index is 12.5. The van der Waals surface area contributed by atoms with Gasteiger partial charge in [-0.15, -0.1) is 0 Å². The lowest BCUT2D eigenvalue weighted by Crippen LogP contribution is -2.39. The Morgan fingerprint density at radius 2 is 1.37 bits per heavy atom. The fourth-order valence-corrected chi connectivity index (χ4v) is 3.03. The predicted octanol–water partition coefficient (Wildman–Crippen LogP) is 3.90. The standard InChI is InChI=1S/C22H29N3O2/c1-5-13-25(14-20(26)23-19-12-7-6-9-16(19)2)15-21(27)24-22-17(3)10-8-11-18(22)4/h6-12H,5,13-15H2,1-4H3,(H,23,26)(H,24,27). The highest BCUT2D eigenvalue weighted by molar-refractivity contribution is 5.95. The van der Waals surface area contributed by atoms with Gasteiger partial charge in [0.15, 0.2) is 0 Å². The maximum Gasteiger partial charge on any atom is 0.238 e. The van der Waals surface area contributed by atoms with Crippen LogP contribution >= 0.6 is 0 Å². The van der Waals surface area contributed by atoms with E-state index in [1.807, 2.05) is 75.1 Å². The zero-order valence-electron chi connectivity index (χ0n) is 16.6. The topological polar surface area (TPSA) is 61.4 Å². The number of para-hydroxylation sites is 2. The van der Waals surface area contributed by atoms with E-state index in [-0.39, 0.29) is 24.9 Å². The fourth-order valence-electron chi connectivity index (χ4n) is 3.03. The third kappa shape index (κ3) is 6.22. The number of carbonyl (C=O) groups excluding carboxylic acids is 2. The normalized spacial score (nSPS) is 10.7. The van der Waals surface area contributed by atoms with Gasteiger partial charge < -0.3 is 10.6 Å². The van der Waals surface area contributed by atoms with Crippen molar-refractivity contribution in [3.8, 4) is 0 Å². The number of amides is 2.